The van der Waals surface area contributed by atoms with Gasteiger partial charge in [-0.05, 0) is 25.5 Å². The Morgan fingerprint density at radius 2 is 1.86 bits per heavy atom. The molecule has 2 aliphatic rings. The van der Waals surface area contributed by atoms with Crippen molar-refractivity contribution in [2.75, 3.05) is 13.2 Å². The summed E-state index contributed by atoms with van der Waals surface area (Å²) in [7, 11) is 0. The number of hydrogen-bond donors (Lipinski definition) is 2. The van der Waals surface area contributed by atoms with Crippen molar-refractivity contribution in [2.24, 2.45) is 10.8 Å². The summed E-state index contributed by atoms with van der Waals surface area (Å²) in [5.41, 5.74) is -0.187. The van der Waals surface area contributed by atoms with Crippen LogP contribution in [0.5, 0.6) is 0 Å². The predicted molar refractivity (Wildman–Crippen MR) is 83.9 cm³/mol. The molecule has 0 amide bonds. The van der Waals surface area contributed by atoms with Gasteiger partial charge in [-0.3, -0.25) is 4.79 Å². The summed E-state index contributed by atoms with van der Waals surface area (Å²) in [6.45, 7) is 7.58. The zero-order valence-corrected chi connectivity index (χ0v) is 13.5. The monoisotopic (exact) mass is 305 g/mol. The van der Waals surface area contributed by atoms with E-state index < -0.39 is 17.2 Å². The third-order valence-electron chi connectivity index (χ3n) is 4.07. The number of nitrogens with one attached hydrogen (secondary N) is 1. The van der Waals surface area contributed by atoms with E-state index in [2.05, 4.69) is 0 Å². The molecule has 5 nitrogen and oxygen atoms in total. The van der Waals surface area contributed by atoms with Crippen LogP contribution in [0.3, 0.4) is 0 Å². The Bertz CT molecular complexity index is 571. The second-order valence-corrected chi connectivity index (χ2v) is 6.88. The minimum atomic E-state index is -1.20. The standard InChI is InChI=1S/C17H23NO4/c1-15(2)7-5-12(9-13(15)18)6-8-17(14(19)20)10-21-16(3,4)22-11-17/h5-9,18H,10-11H2,1-4H3,(H,19,20)/b8-6+,18-13?. The molecular weight excluding hydrogens is 282 g/mol. The quantitative estimate of drug-likeness (QED) is 0.840. The lowest BCUT2D eigenvalue weighted by atomic mass is 9.81. The van der Waals surface area contributed by atoms with Crippen LogP contribution in [0.25, 0.3) is 0 Å². The van der Waals surface area contributed by atoms with Crippen LogP contribution in [-0.2, 0) is 14.3 Å². The molecule has 5 heteroatoms. The van der Waals surface area contributed by atoms with Gasteiger partial charge in [0.15, 0.2) is 5.79 Å². The van der Waals surface area contributed by atoms with Crippen molar-refractivity contribution in [3.8, 4) is 0 Å². The first kappa shape index (κ1) is 16.6. The Balaban J connectivity index is 2.18. The van der Waals surface area contributed by atoms with Gasteiger partial charge >= 0.3 is 5.97 Å². The van der Waals surface area contributed by atoms with Gasteiger partial charge in [0.2, 0.25) is 0 Å². The first-order chi connectivity index (χ1) is 10.1. The summed E-state index contributed by atoms with van der Waals surface area (Å²) in [6, 6.07) is 0. The van der Waals surface area contributed by atoms with E-state index in [1.54, 1.807) is 32.1 Å². The summed E-state index contributed by atoms with van der Waals surface area (Å²) in [4.78, 5) is 11.6. The van der Waals surface area contributed by atoms with Crippen LogP contribution in [0.4, 0.5) is 0 Å². The van der Waals surface area contributed by atoms with Crippen LogP contribution < -0.4 is 0 Å². The van der Waals surface area contributed by atoms with E-state index in [1.165, 1.54) is 0 Å². The second kappa shape index (κ2) is 5.48. The van der Waals surface area contributed by atoms with Crippen LogP contribution in [0.1, 0.15) is 27.7 Å². The highest BCUT2D eigenvalue weighted by Crippen LogP contribution is 2.32. The average Bonchev–Trinajstić information content (AvgIpc) is 2.42. The molecule has 0 saturated carbocycles. The van der Waals surface area contributed by atoms with E-state index in [1.807, 2.05) is 26.0 Å². The zero-order valence-electron chi connectivity index (χ0n) is 13.5. The first-order valence-corrected chi connectivity index (χ1v) is 7.27. The molecule has 120 valence electrons. The maximum Gasteiger partial charge on any atom is 0.318 e. The molecule has 0 aromatic rings. The van der Waals surface area contributed by atoms with Gasteiger partial charge in [0.1, 0.15) is 5.41 Å². The smallest absolute Gasteiger partial charge is 0.318 e. The number of ether oxygens (including phenoxy) is 2. The molecule has 0 unspecified atom stereocenters. The van der Waals surface area contributed by atoms with E-state index in [-0.39, 0.29) is 18.6 Å². The molecule has 2 N–H and O–H groups in total. The fraction of sp³-hybridized carbons (Fsp3) is 0.529. The highest BCUT2D eigenvalue weighted by molar-refractivity contribution is 6.00. The lowest BCUT2D eigenvalue weighted by molar-refractivity contribution is -0.275. The molecule has 0 radical (unpaired) electrons. The summed E-state index contributed by atoms with van der Waals surface area (Å²) < 4.78 is 11.0. The van der Waals surface area contributed by atoms with Crippen molar-refractivity contribution in [1.82, 2.24) is 0 Å². The maximum atomic E-state index is 11.6. The average molecular weight is 305 g/mol. The molecule has 2 rings (SSSR count). The number of hydrogen-bond acceptors (Lipinski definition) is 4. The highest BCUT2D eigenvalue weighted by atomic mass is 16.7. The number of allylic oxidation sites excluding steroid dienone is 5. The van der Waals surface area contributed by atoms with Gasteiger partial charge in [-0.2, -0.15) is 0 Å². The lowest BCUT2D eigenvalue weighted by Crippen LogP contribution is -2.49. The molecule has 1 heterocycles. The zero-order chi connectivity index (χ0) is 16.6. The molecular formula is C17H23NO4. The van der Waals surface area contributed by atoms with Crippen molar-refractivity contribution < 1.29 is 19.4 Å². The van der Waals surface area contributed by atoms with Gasteiger partial charge < -0.3 is 20.0 Å². The molecule has 1 saturated heterocycles. The van der Waals surface area contributed by atoms with Gasteiger partial charge in [-0.25, -0.2) is 0 Å². The van der Waals surface area contributed by atoms with Crippen LogP contribution in [0.15, 0.2) is 36.0 Å². The largest absolute Gasteiger partial charge is 0.480 e. The lowest BCUT2D eigenvalue weighted by Gasteiger charge is -2.39. The number of rotatable bonds is 3. The molecule has 22 heavy (non-hydrogen) atoms. The number of carboxylic acid groups (broad SMARTS) is 1. The Morgan fingerprint density at radius 1 is 1.27 bits per heavy atom. The van der Waals surface area contributed by atoms with Crippen LogP contribution in [-0.4, -0.2) is 35.8 Å². The van der Waals surface area contributed by atoms with Crippen molar-refractivity contribution in [2.45, 2.75) is 33.5 Å². The van der Waals surface area contributed by atoms with Crippen LogP contribution in [0, 0.1) is 16.2 Å². The molecule has 0 bridgehead atoms. The summed E-state index contributed by atoms with van der Waals surface area (Å²) in [5, 5.41) is 17.5. The molecule has 0 spiro atoms. The highest BCUT2D eigenvalue weighted by Gasteiger charge is 2.44. The number of aliphatic carboxylic acids is 1. The summed E-state index contributed by atoms with van der Waals surface area (Å²) >= 11 is 0. The van der Waals surface area contributed by atoms with Crippen molar-refractivity contribution in [1.29, 1.82) is 5.41 Å². The molecule has 1 fully saturated rings. The predicted octanol–water partition coefficient (Wildman–Crippen LogP) is 2.94. The number of carbonyl (C=O) groups is 1. The minimum Gasteiger partial charge on any atom is -0.480 e. The number of carboxylic acids is 1. The Labute approximate surface area is 130 Å². The third kappa shape index (κ3) is 3.36. The minimum absolute atomic E-state index is 0.0613. The van der Waals surface area contributed by atoms with E-state index in [4.69, 9.17) is 14.9 Å². The third-order valence-corrected chi connectivity index (χ3v) is 4.07. The van der Waals surface area contributed by atoms with E-state index in [0.717, 1.165) is 5.57 Å². The fourth-order valence-corrected chi connectivity index (χ4v) is 2.13. The maximum absolute atomic E-state index is 11.6. The van der Waals surface area contributed by atoms with Gasteiger partial charge in [0.05, 0.1) is 13.2 Å². The SMILES string of the molecule is CC1(C)OCC(/C=C/C2=CC(=N)C(C)(C)C=C2)(C(=O)O)CO1. The van der Waals surface area contributed by atoms with Gasteiger partial charge in [0.25, 0.3) is 0 Å². The molecule has 0 aromatic carbocycles. The molecule has 0 atom stereocenters. The normalized spacial score (nSPS) is 26.0. The second-order valence-electron chi connectivity index (χ2n) is 6.88. The van der Waals surface area contributed by atoms with E-state index >= 15 is 0 Å². The molecule has 1 aliphatic carbocycles. The van der Waals surface area contributed by atoms with Crippen molar-refractivity contribution >= 4 is 11.7 Å². The van der Waals surface area contributed by atoms with Gasteiger partial charge in [-0.1, -0.05) is 38.2 Å². The van der Waals surface area contributed by atoms with Gasteiger partial charge in [0, 0.05) is 11.1 Å². The van der Waals surface area contributed by atoms with E-state index in [9.17, 15) is 9.90 Å². The Morgan fingerprint density at radius 3 is 2.36 bits per heavy atom. The fourth-order valence-electron chi connectivity index (χ4n) is 2.13. The van der Waals surface area contributed by atoms with Crippen LogP contribution in [0.2, 0.25) is 0 Å². The van der Waals surface area contributed by atoms with Crippen molar-refractivity contribution in [3.05, 3.63) is 36.0 Å². The summed E-state index contributed by atoms with van der Waals surface area (Å²) in [6.07, 6.45) is 8.92. The Kier molecular flexibility index (Phi) is 4.15. The van der Waals surface area contributed by atoms with E-state index in [0.29, 0.717) is 5.71 Å². The first-order valence-electron chi connectivity index (χ1n) is 7.27. The summed E-state index contributed by atoms with van der Waals surface area (Å²) in [5.74, 6) is -1.74. The van der Waals surface area contributed by atoms with Gasteiger partial charge in [-0.15, -0.1) is 0 Å². The molecule has 0 aromatic heterocycles. The van der Waals surface area contributed by atoms with Crippen molar-refractivity contribution in [3.63, 3.8) is 0 Å². The Hall–Kier alpha value is -1.72. The topological polar surface area (TPSA) is 79.6 Å². The molecule has 1 aliphatic heterocycles. The van der Waals surface area contributed by atoms with Crippen LogP contribution >= 0.6 is 0 Å².